The van der Waals surface area contributed by atoms with E-state index in [9.17, 15) is 14.7 Å². The number of halogens is 1. The molecule has 0 aliphatic carbocycles. The third-order valence-electron chi connectivity index (χ3n) is 4.83. The van der Waals surface area contributed by atoms with Crippen LogP contribution in [0.4, 0.5) is 5.69 Å². The number of fused-ring (bicyclic) bond motifs is 1. The quantitative estimate of drug-likeness (QED) is 0.574. The van der Waals surface area contributed by atoms with Gasteiger partial charge in [-0.05, 0) is 42.0 Å². The molecule has 3 aromatic rings. The molecule has 2 amide bonds. The SMILES string of the molecule is CC(C)C(=O)NCc1ccc(Cl)c(C(=O)Nc2ccc3c(c2)cc(CO)n3C)c1. The number of aromatic nitrogens is 1. The maximum atomic E-state index is 12.8. The first-order valence-electron chi connectivity index (χ1n) is 9.37. The molecule has 0 aliphatic rings. The van der Waals surface area contributed by atoms with Crippen LogP contribution in [-0.2, 0) is 25.0 Å². The Labute approximate surface area is 174 Å². The van der Waals surface area contributed by atoms with Crippen LogP contribution in [0.5, 0.6) is 0 Å². The largest absolute Gasteiger partial charge is 0.390 e. The molecule has 0 unspecified atom stereocenters. The highest BCUT2D eigenvalue weighted by Gasteiger charge is 2.14. The van der Waals surface area contributed by atoms with Gasteiger partial charge in [-0.25, -0.2) is 0 Å². The van der Waals surface area contributed by atoms with E-state index in [1.54, 1.807) is 18.2 Å². The van der Waals surface area contributed by atoms with E-state index in [4.69, 9.17) is 11.6 Å². The first-order chi connectivity index (χ1) is 13.8. The zero-order chi connectivity index (χ0) is 21.1. The summed E-state index contributed by atoms with van der Waals surface area (Å²) in [4.78, 5) is 24.5. The summed E-state index contributed by atoms with van der Waals surface area (Å²) in [6.45, 7) is 3.92. The van der Waals surface area contributed by atoms with E-state index in [1.165, 1.54) is 0 Å². The van der Waals surface area contributed by atoms with Crippen molar-refractivity contribution >= 4 is 40.0 Å². The molecule has 7 heteroatoms. The van der Waals surface area contributed by atoms with Gasteiger partial charge in [-0.3, -0.25) is 9.59 Å². The summed E-state index contributed by atoms with van der Waals surface area (Å²) in [5, 5.41) is 16.4. The molecule has 0 saturated heterocycles. The molecule has 152 valence electrons. The fourth-order valence-electron chi connectivity index (χ4n) is 3.08. The Bertz CT molecular complexity index is 1070. The monoisotopic (exact) mass is 413 g/mol. The number of benzene rings is 2. The van der Waals surface area contributed by atoms with Gasteiger partial charge in [-0.2, -0.15) is 0 Å². The normalized spacial score (nSPS) is 11.1. The minimum absolute atomic E-state index is 0.0515. The fraction of sp³-hybridized carbons (Fsp3) is 0.273. The van der Waals surface area contributed by atoms with Crippen molar-refractivity contribution < 1.29 is 14.7 Å². The van der Waals surface area contributed by atoms with Gasteiger partial charge in [-0.1, -0.05) is 31.5 Å². The molecule has 1 aromatic heterocycles. The summed E-state index contributed by atoms with van der Waals surface area (Å²) in [5.74, 6) is -0.488. The Morgan fingerprint density at radius 3 is 2.59 bits per heavy atom. The van der Waals surface area contributed by atoms with Crippen LogP contribution in [-0.4, -0.2) is 21.5 Å². The lowest BCUT2D eigenvalue weighted by Crippen LogP contribution is -2.27. The number of aryl methyl sites for hydroxylation is 1. The molecule has 0 atom stereocenters. The Hall–Kier alpha value is -2.83. The molecule has 0 bridgehead atoms. The van der Waals surface area contributed by atoms with Crippen molar-refractivity contribution in [3.8, 4) is 0 Å². The Kier molecular flexibility index (Phi) is 6.25. The second-order valence-electron chi connectivity index (χ2n) is 7.27. The van der Waals surface area contributed by atoms with Gasteiger partial charge in [0.25, 0.3) is 5.91 Å². The highest BCUT2D eigenvalue weighted by atomic mass is 35.5. The Morgan fingerprint density at radius 2 is 1.90 bits per heavy atom. The van der Waals surface area contributed by atoms with Gasteiger partial charge >= 0.3 is 0 Å². The lowest BCUT2D eigenvalue weighted by molar-refractivity contribution is -0.124. The molecular weight excluding hydrogens is 390 g/mol. The number of nitrogens with one attached hydrogen (secondary N) is 2. The predicted molar refractivity (Wildman–Crippen MR) is 115 cm³/mol. The number of hydrogen-bond acceptors (Lipinski definition) is 3. The number of anilines is 1. The summed E-state index contributed by atoms with van der Waals surface area (Å²) in [5.41, 5.74) is 3.52. The molecule has 3 N–H and O–H groups in total. The molecule has 0 aliphatic heterocycles. The van der Waals surface area contributed by atoms with Crippen molar-refractivity contribution in [2.75, 3.05) is 5.32 Å². The van der Waals surface area contributed by atoms with E-state index in [-0.39, 0.29) is 24.3 Å². The first kappa shape index (κ1) is 20.9. The summed E-state index contributed by atoms with van der Waals surface area (Å²) in [7, 11) is 1.88. The van der Waals surface area contributed by atoms with Crippen LogP contribution >= 0.6 is 11.6 Å². The number of aliphatic hydroxyl groups is 1. The van der Waals surface area contributed by atoms with Crippen LogP contribution in [0.1, 0.15) is 35.5 Å². The Balaban J connectivity index is 1.78. The van der Waals surface area contributed by atoms with Crippen LogP contribution in [0.2, 0.25) is 5.02 Å². The zero-order valence-corrected chi connectivity index (χ0v) is 17.4. The fourth-order valence-corrected chi connectivity index (χ4v) is 3.29. The number of nitrogens with zero attached hydrogens (tertiary/aromatic N) is 1. The van der Waals surface area contributed by atoms with E-state index in [0.717, 1.165) is 22.2 Å². The average molecular weight is 414 g/mol. The number of hydrogen-bond donors (Lipinski definition) is 3. The van der Waals surface area contributed by atoms with Crippen molar-refractivity contribution in [3.05, 3.63) is 64.3 Å². The first-order valence-corrected chi connectivity index (χ1v) is 9.74. The second-order valence-corrected chi connectivity index (χ2v) is 7.67. The van der Waals surface area contributed by atoms with Gasteiger partial charge in [-0.15, -0.1) is 0 Å². The van der Waals surface area contributed by atoms with Crippen molar-refractivity contribution in [3.63, 3.8) is 0 Å². The number of aliphatic hydroxyl groups excluding tert-OH is 1. The molecule has 1 heterocycles. The van der Waals surface area contributed by atoms with Gasteiger partial charge in [0.05, 0.1) is 17.2 Å². The third kappa shape index (κ3) is 4.60. The van der Waals surface area contributed by atoms with Gasteiger partial charge in [0, 0.05) is 41.8 Å². The van der Waals surface area contributed by atoms with Gasteiger partial charge < -0.3 is 20.3 Å². The lowest BCUT2D eigenvalue weighted by atomic mass is 10.1. The summed E-state index contributed by atoms with van der Waals surface area (Å²) < 4.78 is 1.91. The summed E-state index contributed by atoms with van der Waals surface area (Å²) >= 11 is 6.23. The molecule has 3 rings (SSSR count). The molecule has 6 nitrogen and oxygen atoms in total. The van der Waals surface area contributed by atoms with Crippen molar-refractivity contribution in [2.24, 2.45) is 13.0 Å². The highest BCUT2D eigenvalue weighted by Crippen LogP contribution is 2.24. The van der Waals surface area contributed by atoms with E-state index >= 15 is 0 Å². The topological polar surface area (TPSA) is 83.4 Å². The minimum atomic E-state index is -0.329. The van der Waals surface area contributed by atoms with Crippen LogP contribution in [0.25, 0.3) is 10.9 Å². The van der Waals surface area contributed by atoms with E-state index in [0.29, 0.717) is 22.8 Å². The number of rotatable bonds is 6. The summed E-state index contributed by atoms with van der Waals surface area (Å²) in [6, 6.07) is 12.6. The predicted octanol–water partition coefficient (Wildman–Crippen LogP) is 3.85. The maximum Gasteiger partial charge on any atom is 0.257 e. The molecule has 0 fully saturated rings. The number of amides is 2. The number of carbonyl (C=O) groups excluding carboxylic acids is 2. The van der Waals surface area contributed by atoms with Crippen LogP contribution in [0.15, 0.2) is 42.5 Å². The molecular formula is C22H24ClN3O3. The second kappa shape index (κ2) is 8.68. The smallest absolute Gasteiger partial charge is 0.257 e. The molecule has 29 heavy (non-hydrogen) atoms. The van der Waals surface area contributed by atoms with Gasteiger partial charge in [0.15, 0.2) is 0 Å². The van der Waals surface area contributed by atoms with E-state index in [1.807, 2.05) is 49.7 Å². The summed E-state index contributed by atoms with van der Waals surface area (Å²) in [6.07, 6.45) is 0. The Morgan fingerprint density at radius 1 is 1.14 bits per heavy atom. The maximum absolute atomic E-state index is 12.8. The molecule has 0 radical (unpaired) electrons. The molecule has 0 spiro atoms. The number of carbonyl (C=O) groups is 2. The van der Waals surface area contributed by atoms with Crippen LogP contribution in [0.3, 0.4) is 0 Å². The standard InChI is InChI=1S/C22H24ClN3O3/c1-13(2)21(28)24-11-14-4-6-19(23)18(8-14)22(29)25-16-5-7-20-15(9-16)10-17(12-27)26(20)3/h4-10,13,27H,11-12H2,1-3H3,(H,24,28)(H,25,29). The van der Waals surface area contributed by atoms with Crippen LogP contribution < -0.4 is 10.6 Å². The van der Waals surface area contributed by atoms with Crippen molar-refractivity contribution in [2.45, 2.75) is 27.0 Å². The molecule has 2 aromatic carbocycles. The van der Waals surface area contributed by atoms with Gasteiger partial charge in [0.2, 0.25) is 5.91 Å². The highest BCUT2D eigenvalue weighted by molar-refractivity contribution is 6.34. The minimum Gasteiger partial charge on any atom is -0.390 e. The van der Waals surface area contributed by atoms with Crippen LogP contribution in [0, 0.1) is 5.92 Å². The molecule has 0 saturated carbocycles. The van der Waals surface area contributed by atoms with E-state index in [2.05, 4.69) is 10.6 Å². The lowest BCUT2D eigenvalue weighted by Gasteiger charge is -2.11. The third-order valence-corrected chi connectivity index (χ3v) is 5.16. The zero-order valence-electron chi connectivity index (χ0n) is 16.6. The average Bonchev–Trinajstić information content (AvgIpc) is 3.02. The van der Waals surface area contributed by atoms with Crippen molar-refractivity contribution in [1.29, 1.82) is 0 Å². The van der Waals surface area contributed by atoms with Crippen molar-refractivity contribution in [1.82, 2.24) is 9.88 Å². The van der Waals surface area contributed by atoms with Gasteiger partial charge in [0.1, 0.15) is 0 Å². The van der Waals surface area contributed by atoms with E-state index < -0.39 is 0 Å².